The van der Waals surface area contributed by atoms with E-state index in [1.165, 1.54) is 38.1 Å². The largest absolute Gasteiger partial charge is 0.339 e. The van der Waals surface area contributed by atoms with Gasteiger partial charge in [0.05, 0.1) is 12.6 Å². The lowest BCUT2D eigenvalue weighted by molar-refractivity contribution is -0.135. The Bertz CT molecular complexity index is 625. The van der Waals surface area contributed by atoms with Crippen molar-refractivity contribution in [1.29, 1.82) is 0 Å². The van der Waals surface area contributed by atoms with E-state index >= 15 is 0 Å². The van der Waals surface area contributed by atoms with Crippen LogP contribution in [0.4, 0.5) is 8.78 Å². The zero-order valence-corrected chi connectivity index (χ0v) is 17.4. The van der Waals surface area contributed by atoms with Gasteiger partial charge in [-0.3, -0.25) is 14.3 Å². The molecule has 1 aromatic rings. The number of hydrogen-bond acceptors (Lipinski definition) is 4. The van der Waals surface area contributed by atoms with Crippen LogP contribution in [0.3, 0.4) is 0 Å². The van der Waals surface area contributed by atoms with Crippen LogP contribution in [0.5, 0.6) is 0 Å². The van der Waals surface area contributed by atoms with Crippen molar-refractivity contribution >= 4 is 30.7 Å². The predicted molar refractivity (Wildman–Crippen MR) is 107 cm³/mol. The van der Waals surface area contributed by atoms with E-state index in [1.54, 1.807) is 0 Å². The lowest BCUT2D eigenvalue weighted by Crippen LogP contribution is -2.53. The second kappa shape index (κ2) is 10.2. The number of rotatable bonds is 4. The van der Waals surface area contributed by atoms with Crippen LogP contribution >= 0.6 is 24.8 Å². The molecule has 0 bridgehead atoms. The van der Waals surface area contributed by atoms with Gasteiger partial charge in [-0.25, -0.2) is 4.98 Å². The summed E-state index contributed by atoms with van der Waals surface area (Å²) in [5.74, 6) is 1.25. The Balaban J connectivity index is 0.00000140. The van der Waals surface area contributed by atoms with Gasteiger partial charge in [-0.15, -0.1) is 24.8 Å². The Hall–Kier alpha value is -0.960. The highest BCUT2D eigenvalue weighted by Crippen LogP contribution is 2.33. The summed E-state index contributed by atoms with van der Waals surface area (Å²) in [6.45, 7) is 0.532. The summed E-state index contributed by atoms with van der Waals surface area (Å²) < 4.78 is 26.8. The molecule has 1 aliphatic carbocycles. The number of nitrogens with one attached hydrogen (secondary N) is 1. The van der Waals surface area contributed by atoms with Gasteiger partial charge >= 0.3 is 6.55 Å². The van der Waals surface area contributed by atoms with Crippen molar-refractivity contribution in [2.24, 2.45) is 5.92 Å². The number of alkyl halides is 2. The van der Waals surface area contributed by atoms with Gasteiger partial charge in [0.2, 0.25) is 5.91 Å². The number of halogens is 4. The van der Waals surface area contributed by atoms with Crippen LogP contribution in [-0.2, 0) is 11.3 Å². The lowest BCUT2D eigenvalue weighted by Gasteiger charge is -2.35. The van der Waals surface area contributed by atoms with E-state index in [1.807, 2.05) is 4.90 Å². The molecule has 1 aromatic heterocycles. The standard InChI is InChI=1S/C18H27F2N5O.2ClH/c19-18(20)25-6-5-21-16(25)12-23-7-9-24(10-8-23)17(26)15-11-13-3-1-2-4-14(13)22-15;;/h5-6,13-15,18,22H,1-4,7-12H2;2*1H. The van der Waals surface area contributed by atoms with E-state index < -0.39 is 6.55 Å². The minimum atomic E-state index is -2.56. The van der Waals surface area contributed by atoms with Gasteiger partial charge in [-0.1, -0.05) is 12.8 Å². The number of hydrogen-bond donors (Lipinski definition) is 1. The zero-order chi connectivity index (χ0) is 18.1. The van der Waals surface area contributed by atoms with Crippen LogP contribution < -0.4 is 5.32 Å². The number of carbonyl (C=O) groups is 1. The van der Waals surface area contributed by atoms with Crippen LogP contribution in [0.25, 0.3) is 0 Å². The molecule has 0 spiro atoms. The quantitative estimate of drug-likeness (QED) is 0.783. The Kier molecular flexibility index (Phi) is 8.48. The Morgan fingerprint density at radius 1 is 1.18 bits per heavy atom. The molecule has 3 fully saturated rings. The molecule has 1 amide bonds. The van der Waals surface area contributed by atoms with Crippen molar-refractivity contribution in [3.05, 3.63) is 18.2 Å². The number of nitrogens with zero attached hydrogens (tertiary/aromatic N) is 4. The molecule has 160 valence electrons. The highest BCUT2D eigenvalue weighted by molar-refractivity contribution is 5.85. The van der Waals surface area contributed by atoms with Crippen LogP contribution in [-0.4, -0.2) is 63.5 Å². The average Bonchev–Trinajstić information content (AvgIpc) is 3.28. The highest BCUT2D eigenvalue weighted by Gasteiger charge is 2.40. The third-order valence-corrected chi connectivity index (χ3v) is 6.17. The van der Waals surface area contributed by atoms with Gasteiger partial charge in [0.15, 0.2) is 0 Å². The van der Waals surface area contributed by atoms with E-state index in [0.717, 1.165) is 11.0 Å². The van der Waals surface area contributed by atoms with E-state index in [9.17, 15) is 13.6 Å². The van der Waals surface area contributed by atoms with Gasteiger partial charge in [-0.05, 0) is 25.2 Å². The summed E-state index contributed by atoms with van der Waals surface area (Å²) >= 11 is 0. The molecule has 10 heteroatoms. The molecule has 1 N–H and O–H groups in total. The third kappa shape index (κ3) is 4.96. The second-order valence-electron chi connectivity index (χ2n) is 7.74. The van der Waals surface area contributed by atoms with Crippen molar-refractivity contribution in [2.75, 3.05) is 26.2 Å². The molecule has 4 rings (SSSR count). The maximum Gasteiger partial charge on any atom is 0.319 e. The van der Waals surface area contributed by atoms with Crippen LogP contribution in [0.1, 0.15) is 44.5 Å². The normalized spacial score (nSPS) is 27.8. The summed E-state index contributed by atoms with van der Waals surface area (Å²) in [6, 6.07) is 0.486. The molecule has 2 aliphatic heterocycles. The van der Waals surface area contributed by atoms with E-state index in [2.05, 4.69) is 15.2 Å². The first-order valence-electron chi connectivity index (χ1n) is 9.69. The summed E-state index contributed by atoms with van der Waals surface area (Å²) in [5, 5.41) is 3.56. The number of fused-ring (bicyclic) bond motifs is 1. The van der Waals surface area contributed by atoms with Crippen LogP contribution in [0.2, 0.25) is 0 Å². The molecule has 3 unspecified atom stereocenters. The lowest BCUT2D eigenvalue weighted by atomic mass is 9.85. The zero-order valence-electron chi connectivity index (χ0n) is 15.8. The van der Waals surface area contributed by atoms with Crippen molar-refractivity contribution < 1.29 is 13.6 Å². The fourth-order valence-corrected chi connectivity index (χ4v) is 4.70. The van der Waals surface area contributed by atoms with Crippen molar-refractivity contribution in [3.63, 3.8) is 0 Å². The summed E-state index contributed by atoms with van der Waals surface area (Å²) in [5.41, 5.74) is 0. The van der Waals surface area contributed by atoms with E-state index in [-0.39, 0.29) is 36.8 Å². The van der Waals surface area contributed by atoms with Gasteiger partial charge < -0.3 is 10.2 Å². The molecule has 1 saturated carbocycles. The van der Waals surface area contributed by atoms with Gasteiger partial charge in [-0.2, -0.15) is 8.78 Å². The first kappa shape index (κ1) is 23.3. The highest BCUT2D eigenvalue weighted by atomic mass is 35.5. The average molecular weight is 440 g/mol. The molecule has 2 saturated heterocycles. The molecule has 3 heterocycles. The molecule has 0 radical (unpaired) electrons. The Morgan fingerprint density at radius 2 is 1.89 bits per heavy atom. The van der Waals surface area contributed by atoms with Gasteiger partial charge in [0, 0.05) is 44.6 Å². The summed E-state index contributed by atoms with van der Waals surface area (Å²) in [4.78, 5) is 20.9. The summed E-state index contributed by atoms with van der Waals surface area (Å²) in [6.07, 6.45) is 8.68. The number of aromatic nitrogens is 2. The predicted octanol–water partition coefficient (Wildman–Crippen LogP) is 2.69. The summed E-state index contributed by atoms with van der Waals surface area (Å²) in [7, 11) is 0. The number of carbonyl (C=O) groups excluding carboxylic acids is 1. The van der Waals surface area contributed by atoms with Crippen LogP contribution in [0.15, 0.2) is 12.4 Å². The van der Waals surface area contributed by atoms with Crippen LogP contribution in [0, 0.1) is 5.92 Å². The van der Waals surface area contributed by atoms with E-state index in [0.29, 0.717) is 50.5 Å². The molecular weight excluding hydrogens is 411 g/mol. The van der Waals surface area contributed by atoms with Gasteiger partial charge in [0.1, 0.15) is 5.82 Å². The molecule has 28 heavy (non-hydrogen) atoms. The number of piperazine rings is 1. The maximum atomic E-state index is 12.9. The minimum absolute atomic E-state index is 0. The fraction of sp³-hybridized carbons (Fsp3) is 0.778. The third-order valence-electron chi connectivity index (χ3n) is 6.17. The second-order valence-corrected chi connectivity index (χ2v) is 7.74. The van der Waals surface area contributed by atoms with E-state index in [4.69, 9.17) is 0 Å². The fourth-order valence-electron chi connectivity index (χ4n) is 4.70. The first-order chi connectivity index (χ1) is 12.6. The molecule has 6 nitrogen and oxygen atoms in total. The monoisotopic (exact) mass is 439 g/mol. The number of amides is 1. The van der Waals surface area contributed by atoms with Crippen molar-refractivity contribution in [1.82, 2.24) is 24.7 Å². The molecular formula is C18H29Cl2F2N5O. The first-order valence-corrected chi connectivity index (χ1v) is 9.69. The Morgan fingerprint density at radius 3 is 2.57 bits per heavy atom. The smallest absolute Gasteiger partial charge is 0.319 e. The molecule has 0 aromatic carbocycles. The minimum Gasteiger partial charge on any atom is -0.339 e. The molecule has 3 aliphatic rings. The Labute approximate surface area is 176 Å². The van der Waals surface area contributed by atoms with Gasteiger partial charge in [0.25, 0.3) is 0 Å². The molecule has 3 atom stereocenters. The SMILES string of the molecule is Cl.Cl.O=C(C1CC2CCCCC2N1)N1CCN(Cc2nccn2C(F)F)CC1. The van der Waals surface area contributed by atoms with Crippen molar-refractivity contribution in [3.8, 4) is 0 Å². The topological polar surface area (TPSA) is 53.4 Å². The maximum absolute atomic E-state index is 12.9. The number of imidazole rings is 1. The van der Waals surface area contributed by atoms with Crippen molar-refractivity contribution in [2.45, 2.75) is 57.3 Å².